The Morgan fingerprint density at radius 1 is 1.06 bits per heavy atom. The number of carbonyl (C=O) groups is 1. The van der Waals surface area contributed by atoms with Crippen molar-refractivity contribution in [3.63, 3.8) is 0 Å². The van der Waals surface area contributed by atoms with Crippen molar-refractivity contribution in [3.8, 4) is 11.5 Å². The van der Waals surface area contributed by atoms with Crippen molar-refractivity contribution in [2.45, 2.75) is 11.5 Å². The second-order valence-corrected chi connectivity index (χ2v) is 9.15. The Morgan fingerprint density at radius 3 is 2.51 bits per heavy atom. The molecule has 0 saturated carbocycles. The number of anilines is 1. The van der Waals surface area contributed by atoms with Crippen molar-refractivity contribution in [1.29, 1.82) is 0 Å². The number of sulfonamides is 1. The summed E-state index contributed by atoms with van der Waals surface area (Å²) in [5.74, 6) is -0.914. The van der Waals surface area contributed by atoms with Gasteiger partial charge in [-0.3, -0.25) is 4.31 Å². The van der Waals surface area contributed by atoms with Crippen LogP contribution in [0.25, 0.3) is 11.5 Å². The Labute approximate surface area is 201 Å². The zero-order chi connectivity index (χ0) is 24.8. The third-order valence-corrected chi connectivity index (χ3v) is 6.68. The SMILES string of the molecule is C=CCN(c1ccccc1)S(=O)(=O)c1cccc(C(=O)OCc2noc(-c3ccc(F)cc3)n2)c1. The lowest BCUT2D eigenvalue weighted by molar-refractivity contribution is 0.0459. The van der Waals surface area contributed by atoms with Gasteiger partial charge in [0.05, 0.1) is 22.7 Å². The molecule has 0 fully saturated rings. The normalized spacial score (nSPS) is 11.1. The highest BCUT2D eigenvalue weighted by Crippen LogP contribution is 2.24. The zero-order valence-corrected chi connectivity index (χ0v) is 19.2. The van der Waals surface area contributed by atoms with Gasteiger partial charge in [-0.05, 0) is 54.6 Å². The van der Waals surface area contributed by atoms with E-state index in [-0.39, 0.29) is 35.3 Å². The number of halogens is 1. The van der Waals surface area contributed by atoms with Crippen LogP contribution in [0.5, 0.6) is 0 Å². The first-order valence-electron chi connectivity index (χ1n) is 10.4. The Morgan fingerprint density at radius 2 is 1.80 bits per heavy atom. The summed E-state index contributed by atoms with van der Waals surface area (Å²) in [6.45, 7) is 3.39. The van der Waals surface area contributed by atoms with E-state index in [0.29, 0.717) is 11.3 Å². The number of para-hydroxylation sites is 1. The molecule has 1 aromatic heterocycles. The van der Waals surface area contributed by atoms with Gasteiger partial charge in [-0.25, -0.2) is 17.6 Å². The molecule has 10 heteroatoms. The van der Waals surface area contributed by atoms with E-state index in [1.807, 2.05) is 0 Å². The van der Waals surface area contributed by atoms with Gasteiger partial charge in [0.1, 0.15) is 5.82 Å². The molecular formula is C25H20FN3O5S. The molecule has 8 nitrogen and oxygen atoms in total. The number of esters is 1. The first-order chi connectivity index (χ1) is 16.9. The van der Waals surface area contributed by atoms with Crippen LogP contribution in [0, 0.1) is 5.82 Å². The molecule has 35 heavy (non-hydrogen) atoms. The van der Waals surface area contributed by atoms with Crippen molar-refractivity contribution in [1.82, 2.24) is 10.1 Å². The molecule has 0 aliphatic carbocycles. The Hall–Kier alpha value is -4.31. The summed E-state index contributed by atoms with van der Waals surface area (Å²) in [7, 11) is -3.98. The van der Waals surface area contributed by atoms with Crippen molar-refractivity contribution in [3.05, 3.63) is 109 Å². The highest BCUT2D eigenvalue weighted by atomic mass is 32.2. The number of carbonyl (C=O) groups excluding carboxylic acids is 1. The molecule has 0 aliphatic heterocycles. The van der Waals surface area contributed by atoms with Gasteiger partial charge in [-0.15, -0.1) is 6.58 Å². The molecule has 0 N–H and O–H groups in total. The molecule has 4 aromatic rings. The molecular weight excluding hydrogens is 473 g/mol. The maximum Gasteiger partial charge on any atom is 0.338 e. The molecule has 1 heterocycles. The van der Waals surface area contributed by atoms with Gasteiger partial charge >= 0.3 is 5.97 Å². The highest BCUT2D eigenvalue weighted by molar-refractivity contribution is 7.92. The summed E-state index contributed by atoms with van der Waals surface area (Å²) < 4.78 is 51.2. The summed E-state index contributed by atoms with van der Waals surface area (Å²) in [6, 6.07) is 19.6. The third-order valence-electron chi connectivity index (χ3n) is 4.89. The first-order valence-corrected chi connectivity index (χ1v) is 11.9. The second kappa shape index (κ2) is 10.3. The fourth-order valence-corrected chi connectivity index (χ4v) is 4.68. The Kier molecular flexibility index (Phi) is 7.02. The molecule has 3 aromatic carbocycles. The number of hydrogen-bond donors (Lipinski definition) is 0. The van der Waals surface area contributed by atoms with Crippen molar-refractivity contribution >= 4 is 21.7 Å². The molecule has 0 amide bonds. The summed E-state index contributed by atoms with van der Waals surface area (Å²) in [5.41, 5.74) is 1.02. The summed E-state index contributed by atoms with van der Waals surface area (Å²) in [6.07, 6.45) is 1.48. The van der Waals surface area contributed by atoms with Crippen LogP contribution >= 0.6 is 0 Å². The summed E-state index contributed by atoms with van der Waals surface area (Å²) in [5, 5.41) is 3.75. The van der Waals surface area contributed by atoms with Gasteiger partial charge in [-0.2, -0.15) is 4.98 Å². The number of rotatable bonds is 9. The maximum atomic E-state index is 13.3. The van der Waals surface area contributed by atoms with Crippen molar-refractivity contribution < 1.29 is 26.9 Å². The van der Waals surface area contributed by atoms with Crippen molar-refractivity contribution in [2.75, 3.05) is 10.8 Å². The number of benzene rings is 3. The lowest BCUT2D eigenvalue weighted by Crippen LogP contribution is -2.31. The number of hydrogen-bond acceptors (Lipinski definition) is 7. The lowest BCUT2D eigenvalue weighted by atomic mass is 10.2. The number of nitrogens with zero attached hydrogens (tertiary/aromatic N) is 3. The van der Waals surface area contributed by atoms with Crippen LogP contribution < -0.4 is 4.31 Å². The van der Waals surface area contributed by atoms with Crippen LogP contribution in [0.15, 0.2) is 101 Å². The lowest BCUT2D eigenvalue weighted by Gasteiger charge is -2.23. The van der Waals surface area contributed by atoms with Gasteiger partial charge in [0.2, 0.25) is 5.82 Å². The quantitative estimate of drug-likeness (QED) is 0.248. The average molecular weight is 494 g/mol. The minimum absolute atomic E-state index is 0.0416. The topological polar surface area (TPSA) is 103 Å². The largest absolute Gasteiger partial charge is 0.454 e. The monoisotopic (exact) mass is 493 g/mol. The summed E-state index contributed by atoms with van der Waals surface area (Å²) >= 11 is 0. The smallest absolute Gasteiger partial charge is 0.338 e. The van der Waals surface area contributed by atoms with Gasteiger partial charge in [0, 0.05) is 5.56 Å². The van der Waals surface area contributed by atoms with E-state index >= 15 is 0 Å². The van der Waals surface area contributed by atoms with Gasteiger partial charge < -0.3 is 9.26 Å². The third kappa shape index (κ3) is 5.44. The predicted octanol–water partition coefficient (Wildman–Crippen LogP) is 4.61. The van der Waals surface area contributed by atoms with E-state index in [0.717, 1.165) is 0 Å². The Balaban J connectivity index is 1.49. The van der Waals surface area contributed by atoms with Crippen LogP contribution in [-0.2, 0) is 21.4 Å². The molecule has 0 radical (unpaired) electrons. The zero-order valence-electron chi connectivity index (χ0n) is 18.4. The van der Waals surface area contributed by atoms with Crippen LogP contribution in [0.3, 0.4) is 0 Å². The van der Waals surface area contributed by atoms with E-state index in [9.17, 15) is 17.6 Å². The van der Waals surface area contributed by atoms with Gasteiger partial charge in [0.15, 0.2) is 6.61 Å². The first kappa shape index (κ1) is 23.8. The minimum atomic E-state index is -3.98. The second-order valence-electron chi connectivity index (χ2n) is 7.29. The van der Waals surface area contributed by atoms with E-state index in [1.165, 1.54) is 58.9 Å². The molecule has 0 saturated heterocycles. The van der Waals surface area contributed by atoms with E-state index in [1.54, 1.807) is 30.3 Å². The van der Waals surface area contributed by atoms with Crippen LogP contribution in [0.1, 0.15) is 16.2 Å². The number of ether oxygens (including phenoxy) is 1. The van der Waals surface area contributed by atoms with Crippen molar-refractivity contribution in [2.24, 2.45) is 0 Å². The molecule has 4 rings (SSSR count). The maximum absolute atomic E-state index is 13.3. The fraction of sp³-hybridized carbons (Fsp3) is 0.0800. The van der Waals surface area contributed by atoms with E-state index in [4.69, 9.17) is 9.26 Å². The van der Waals surface area contributed by atoms with Gasteiger partial charge in [0.25, 0.3) is 15.9 Å². The molecule has 0 atom stereocenters. The molecule has 178 valence electrons. The van der Waals surface area contributed by atoms with Crippen LogP contribution in [0.4, 0.5) is 10.1 Å². The minimum Gasteiger partial charge on any atom is -0.454 e. The molecule has 0 bridgehead atoms. The van der Waals surface area contributed by atoms with E-state index < -0.39 is 21.8 Å². The Bertz CT molecular complexity index is 1440. The molecule has 0 aliphatic rings. The standard InChI is InChI=1S/C25H20FN3O5S/c1-2-15-29(21-8-4-3-5-9-21)35(31,32)22-10-6-7-19(16-22)25(30)33-17-23-27-24(34-28-23)18-11-13-20(26)14-12-18/h2-14,16H,1,15,17H2. The fourth-order valence-electron chi connectivity index (χ4n) is 3.20. The van der Waals surface area contributed by atoms with E-state index in [2.05, 4.69) is 16.7 Å². The van der Waals surface area contributed by atoms with Crippen LogP contribution in [0.2, 0.25) is 0 Å². The predicted molar refractivity (Wildman–Crippen MR) is 126 cm³/mol. The molecule has 0 spiro atoms. The highest BCUT2D eigenvalue weighted by Gasteiger charge is 2.25. The number of aromatic nitrogens is 2. The van der Waals surface area contributed by atoms with Gasteiger partial charge in [-0.1, -0.05) is 35.5 Å². The van der Waals surface area contributed by atoms with Crippen LogP contribution in [-0.4, -0.2) is 31.1 Å². The average Bonchev–Trinajstić information content (AvgIpc) is 3.36. The molecule has 0 unspecified atom stereocenters. The summed E-state index contributed by atoms with van der Waals surface area (Å²) in [4.78, 5) is 16.6.